The SMILES string of the molecule is S=C1COC2CCC1O2. The summed E-state index contributed by atoms with van der Waals surface area (Å²) in [5.41, 5.74) is 0. The third-order valence-electron chi connectivity index (χ3n) is 1.75. The molecule has 0 aromatic carbocycles. The van der Waals surface area contributed by atoms with Crippen LogP contribution in [0.3, 0.4) is 0 Å². The Morgan fingerprint density at radius 1 is 1.44 bits per heavy atom. The third-order valence-corrected chi connectivity index (χ3v) is 2.13. The molecule has 0 amide bonds. The van der Waals surface area contributed by atoms with Gasteiger partial charge in [-0.25, -0.2) is 0 Å². The highest BCUT2D eigenvalue weighted by Crippen LogP contribution is 2.26. The zero-order chi connectivity index (χ0) is 6.27. The van der Waals surface area contributed by atoms with Crippen molar-refractivity contribution >= 4 is 17.1 Å². The predicted octanol–water partition coefficient (Wildman–Crippen LogP) is 0.892. The van der Waals surface area contributed by atoms with E-state index < -0.39 is 0 Å². The summed E-state index contributed by atoms with van der Waals surface area (Å²) >= 11 is 5.00. The molecule has 50 valence electrons. The molecule has 0 saturated carbocycles. The van der Waals surface area contributed by atoms with E-state index in [4.69, 9.17) is 21.7 Å². The maximum atomic E-state index is 5.35. The number of thiocarbonyl (C=S) groups is 1. The van der Waals surface area contributed by atoms with Crippen LogP contribution in [0.15, 0.2) is 0 Å². The van der Waals surface area contributed by atoms with Crippen molar-refractivity contribution in [1.82, 2.24) is 0 Å². The van der Waals surface area contributed by atoms with E-state index in [-0.39, 0.29) is 12.4 Å². The fourth-order valence-electron chi connectivity index (χ4n) is 1.23. The Morgan fingerprint density at radius 2 is 2.33 bits per heavy atom. The van der Waals surface area contributed by atoms with E-state index in [2.05, 4.69) is 0 Å². The summed E-state index contributed by atoms with van der Waals surface area (Å²) in [5.74, 6) is 0. The zero-order valence-electron chi connectivity index (χ0n) is 5.00. The summed E-state index contributed by atoms with van der Waals surface area (Å²) in [7, 11) is 0. The van der Waals surface area contributed by atoms with E-state index in [9.17, 15) is 0 Å². The average Bonchev–Trinajstić information content (AvgIpc) is 2.25. The van der Waals surface area contributed by atoms with Crippen LogP contribution in [-0.2, 0) is 9.47 Å². The second-order valence-corrected chi connectivity index (χ2v) is 2.93. The Labute approximate surface area is 59.1 Å². The third kappa shape index (κ3) is 0.892. The fourth-order valence-corrected chi connectivity index (χ4v) is 1.48. The Balaban J connectivity index is 2.14. The summed E-state index contributed by atoms with van der Waals surface area (Å²) in [6, 6.07) is 0. The Morgan fingerprint density at radius 3 is 3.11 bits per heavy atom. The van der Waals surface area contributed by atoms with Crippen molar-refractivity contribution in [3.05, 3.63) is 0 Å². The van der Waals surface area contributed by atoms with Crippen molar-refractivity contribution in [2.45, 2.75) is 25.2 Å². The zero-order valence-corrected chi connectivity index (χ0v) is 5.82. The van der Waals surface area contributed by atoms with Crippen molar-refractivity contribution in [2.24, 2.45) is 0 Å². The predicted molar refractivity (Wildman–Crippen MR) is 36.4 cm³/mol. The molecule has 0 radical (unpaired) electrons. The maximum Gasteiger partial charge on any atom is 0.159 e. The van der Waals surface area contributed by atoms with Crippen LogP contribution in [0, 0.1) is 0 Å². The van der Waals surface area contributed by atoms with Gasteiger partial charge in [0.15, 0.2) is 6.29 Å². The van der Waals surface area contributed by atoms with Gasteiger partial charge in [-0.3, -0.25) is 0 Å². The van der Waals surface area contributed by atoms with Crippen LogP contribution in [0.1, 0.15) is 12.8 Å². The molecule has 2 fully saturated rings. The van der Waals surface area contributed by atoms with E-state index in [1.165, 1.54) is 0 Å². The van der Waals surface area contributed by atoms with E-state index in [1.54, 1.807) is 0 Å². The molecule has 2 atom stereocenters. The molecule has 2 rings (SSSR count). The van der Waals surface area contributed by atoms with Crippen molar-refractivity contribution in [2.75, 3.05) is 6.61 Å². The number of rotatable bonds is 0. The lowest BCUT2D eigenvalue weighted by Crippen LogP contribution is -2.31. The second-order valence-electron chi connectivity index (χ2n) is 2.41. The molecule has 9 heavy (non-hydrogen) atoms. The molecule has 2 aliphatic heterocycles. The monoisotopic (exact) mass is 144 g/mol. The van der Waals surface area contributed by atoms with Gasteiger partial charge in [0, 0.05) is 11.3 Å². The van der Waals surface area contributed by atoms with Crippen molar-refractivity contribution in [3.63, 3.8) is 0 Å². The van der Waals surface area contributed by atoms with Crippen molar-refractivity contribution in [1.29, 1.82) is 0 Å². The van der Waals surface area contributed by atoms with Gasteiger partial charge in [-0.05, 0) is 6.42 Å². The highest BCUT2D eigenvalue weighted by molar-refractivity contribution is 7.80. The minimum atomic E-state index is 0.0571. The molecule has 2 nitrogen and oxygen atoms in total. The summed E-state index contributed by atoms with van der Waals surface area (Å²) in [4.78, 5) is 0.934. The van der Waals surface area contributed by atoms with E-state index in [0.717, 1.165) is 17.7 Å². The van der Waals surface area contributed by atoms with E-state index in [1.807, 2.05) is 0 Å². The number of ether oxygens (including phenoxy) is 2. The van der Waals surface area contributed by atoms with Gasteiger partial charge in [-0.2, -0.15) is 0 Å². The molecule has 3 heteroatoms. The molecule has 0 spiro atoms. The first-order chi connectivity index (χ1) is 4.36. The molecule has 0 N–H and O–H groups in total. The summed E-state index contributed by atoms with van der Waals surface area (Å²) in [5, 5.41) is 0. The van der Waals surface area contributed by atoms with Crippen molar-refractivity contribution in [3.8, 4) is 0 Å². The van der Waals surface area contributed by atoms with Gasteiger partial charge in [-0.15, -0.1) is 0 Å². The lowest BCUT2D eigenvalue weighted by Gasteiger charge is -2.20. The highest BCUT2D eigenvalue weighted by atomic mass is 32.1. The first kappa shape index (κ1) is 5.77. The number of hydrogen-bond acceptors (Lipinski definition) is 3. The molecule has 0 aliphatic carbocycles. The van der Waals surface area contributed by atoms with Gasteiger partial charge in [0.1, 0.15) is 0 Å². The normalized spacial score (nSPS) is 41.6. The van der Waals surface area contributed by atoms with Crippen LogP contribution in [0.2, 0.25) is 0 Å². The summed E-state index contributed by atoms with van der Waals surface area (Å²) in [6.07, 6.45) is 2.37. The van der Waals surface area contributed by atoms with Crippen LogP contribution in [0.4, 0.5) is 0 Å². The smallest absolute Gasteiger partial charge is 0.159 e. The van der Waals surface area contributed by atoms with Crippen LogP contribution in [-0.4, -0.2) is 23.9 Å². The first-order valence-corrected chi connectivity index (χ1v) is 3.57. The topological polar surface area (TPSA) is 18.5 Å². The molecule has 2 aliphatic rings. The Hall–Kier alpha value is 0.0100. The molecule has 2 unspecified atom stereocenters. The van der Waals surface area contributed by atoms with Gasteiger partial charge in [0.05, 0.1) is 12.7 Å². The fraction of sp³-hybridized carbons (Fsp3) is 0.833. The van der Waals surface area contributed by atoms with Gasteiger partial charge in [0.25, 0.3) is 0 Å². The first-order valence-electron chi connectivity index (χ1n) is 3.16. The van der Waals surface area contributed by atoms with Gasteiger partial charge in [0.2, 0.25) is 0 Å². The molecule has 2 heterocycles. The summed E-state index contributed by atoms with van der Waals surface area (Å²) < 4.78 is 10.6. The number of fused-ring (bicyclic) bond motifs is 2. The highest BCUT2D eigenvalue weighted by Gasteiger charge is 2.33. The molecular weight excluding hydrogens is 136 g/mol. The van der Waals surface area contributed by atoms with Gasteiger partial charge in [-0.1, -0.05) is 12.2 Å². The van der Waals surface area contributed by atoms with Crippen LogP contribution in [0.25, 0.3) is 0 Å². The van der Waals surface area contributed by atoms with Crippen molar-refractivity contribution < 1.29 is 9.47 Å². The minimum absolute atomic E-state index is 0.0571. The lowest BCUT2D eigenvalue weighted by molar-refractivity contribution is -0.127. The molecular formula is C6H8O2S. The molecule has 0 aromatic heterocycles. The number of hydrogen-bond donors (Lipinski definition) is 0. The average molecular weight is 144 g/mol. The van der Waals surface area contributed by atoms with Gasteiger partial charge < -0.3 is 9.47 Å². The minimum Gasteiger partial charge on any atom is -0.347 e. The van der Waals surface area contributed by atoms with Gasteiger partial charge >= 0.3 is 0 Å². The molecule has 2 bridgehead atoms. The largest absolute Gasteiger partial charge is 0.347 e. The Kier molecular flexibility index (Phi) is 1.29. The molecule has 2 saturated heterocycles. The van der Waals surface area contributed by atoms with Crippen LogP contribution < -0.4 is 0 Å². The van der Waals surface area contributed by atoms with Crippen LogP contribution in [0.5, 0.6) is 0 Å². The quantitative estimate of drug-likeness (QED) is 0.470. The summed E-state index contributed by atoms with van der Waals surface area (Å²) in [6.45, 7) is 0.630. The van der Waals surface area contributed by atoms with E-state index >= 15 is 0 Å². The lowest BCUT2D eigenvalue weighted by atomic mass is 10.2. The molecule has 0 aromatic rings. The second kappa shape index (κ2) is 2.01. The standard InChI is InChI=1S/C6H8O2S/c9-5-3-7-6-2-1-4(5)8-6/h4,6H,1-3H2. The Bertz CT molecular complexity index is 146. The van der Waals surface area contributed by atoms with Crippen LogP contribution >= 0.6 is 12.2 Å². The maximum absolute atomic E-state index is 5.35. The van der Waals surface area contributed by atoms with E-state index in [0.29, 0.717) is 6.61 Å².